The number of aryl methyl sites for hydroxylation is 1. The second-order valence-corrected chi connectivity index (χ2v) is 4.98. The fourth-order valence-corrected chi connectivity index (χ4v) is 2.13. The van der Waals surface area contributed by atoms with Crippen LogP contribution in [0.4, 0.5) is 11.4 Å². The van der Waals surface area contributed by atoms with Gasteiger partial charge in [-0.15, -0.1) is 0 Å². The highest BCUT2D eigenvalue weighted by Gasteiger charge is 2.12. The van der Waals surface area contributed by atoms with Gasteiger partial charge in [-0.05, 0) is 30.7 Å². The lowest BCUT2D eigenvalue weighted by atomic mass is 10.1. The lowest BCUT2D eigenvalue weighted by Gasteiger charge is -2.22. The Bertz CT molecular complexity index is 620. The number of nitrogens with zero attached hydrogens (tertiary/aromatic N) is 1. The number of primary amides is 1. The zero-order valence-electron chi connectivity index (χ0n) is 11.8. The molecule has 0 aliphatic carbocycles. The van der Waals surface area contributed by atoms with E-state index in [4.69, 9.17) is 11.5 Å². The summed E-state index contributed by atoms with van der Waals surface area (Å²) in [5, 5.41) is 0. The van der Waals surface area contributed by atoms with E-state index in [2.05, 4.69) is 31.2 Å². The van der Waals surface area contributed by atoms with Gasteiger partial charge in [0.25, 0.3) is 5.91 Å². The SMILES string of the molecule is Cc1ccc(CN(C)c2cc(N)ccc2C(N)=O)cc1. The fourth-order valence-electron chi connectivity index (χ4n) is 2.13. The van der Waals surface area contributed by atoms with Crippen molar-refractivity contribution in [2.45, 2.75) is 13.5 Å². The molecule has 2 aromatic rings. The van der Waals surface area contributed by atoms with E-state index in [1.165, 1.54) is 5.56 Å². The Hall–Kier alpha value is -2.49. The van der Waals surface area contributed by atoms with Gasteiger partial charge in [-0.1, -0.05) is 29.8 Å². The van der Waals surface area contributed by atoms with Gasteiger partial charge in [-0.25, -0.2) is 0 Å². The van der Waals surface area contributed by atoms with Crippen LogP contribution < -0.4 is 16.4 Å². The van der Waals surface area contributed by atoms with Gasteiger partial charge in [0.2, 0.25) is 0 Å². The summed E-state index contributed by atoms with van der Waals surface area (Å²) in [4.78, 5) is 13.5. The molecule has 104 valence electrons. The molecule has 2 rings (SSSR count). The third-order valence-electron chi connectivity index (χ3n) is 3.24. The van der Waals surface area contributed by atoms with Gasteiger partial charge >= 0.3 is 0 Å². The maximum Gasteiger partial charge on any atom is 0.250 e. The van der Waals surface area contributed by atoms with Crippen LogP contribution in [0.2, 0.25) is 0 Å². The van der Waals surface area contributed by atoms with Gasteiger partial charge in [0.15, 0.2) is 0 Å². The third-order valence-corrected chi connectivity index (χ3v) is 3.24. The van der Waals surface area contributed by atoms with Crippen LogP contribution >= 0.6 is 0 Å². The minimum Gasteiger partial charge on any atom is -0.399 e. The zero-order valence-corrected chi connectivity index (χ0v) is 11.8. The third kappa shape index (κ3) is 3.09. The standard InChI is InChI=1S/C16H19N3O/c1-11-3-5-12(6-4-11)10-19(2)15-9-13(17)7-8-14(15)16(18)20/h3-9H,10,17H2,1-2H3,(H2,18,20). The maximum absolute atomic E-state index is 11.5. The van der Waals surface area contributed by atoms with Crippen molar-refractivity contribution in [3.8, 4) is 0 Å². The molecule has 0 aliphatic rings. The van der Waals surface area contributed by atoms with Crippen LogP contribution in [0.1, 0.15) is 21.5 Å². The molecule has 0 saturated carbocycles. The number of hydrogen-bond acceptors (Lipinski definition) is 3. The van der Waals surface area contributed by atoms with E-state index < -0.39 is 5.91 Å². The lowest BCUT2D eigenvalue weighted by molar-refractivity contribution is 0.100. The monoisotopic (exact) mass is 269 g/mol. The Morgan fingerprint density at radius 2 is 1.80 bits per heavy atom. The molecule has 0 spiro atoms. The van der Waals surface area contributed by atoms with Gasteiger partial charge in [0, 0.05) is 19.3 Å². The molecule has 0 unspecified atom stereocenters. The first-order valence-electron chi connectivity index (χ1n) is 6.43. The van der Waals surface area contributed by atoms with Crippen molar-refractivity contribution in [3.05, 3.63) is 59.2 Å². The predicted octanol–water partition coefficient (Wildman–Crippen LogP) is 2.31. The van der Waals surface area contributed by atoms with Crippen LogP contribution in [0.15, 0.2) is 42.5 Å². The van der Waals surface area contributed by atoms with Gasteiger partial charge in [0.1, 0.15) is 0 Å². The molecule has 4 heteroatoms. The van der Waals surface area contributed by atoms with Crippen molar-refractivity contribution in [3.63, 3.8) is 0 Å². The summed E-state index contributed by atoms with van der Waals surface area (Å²) in [5.41, 5.74) is 15.4. The number of carbonyl (C=O) groups excluding carboxylic acids is 1. The average Bonchev–Trinajstić information content (AvgIpc) is 2.41. The number of anilines is 2. The smallest absolute Gasteiger partial charge is 0.250 e. The summed E-state index contributed by atoms with van der Waals surface area (Å²) in [5.74, 6) is -0.448. The normalized spacial score (nSPS) is 10.3. The zero-order chi connectivity index (χ0) is 14.7. The minimum atomic E-state index is -0.448. The number of amides is 1. The highest BCUT2D eigenvalue weighted by atomic mass is 16.1. The van der Waals surface area contributed by atoms with E-state index in [1.54, 1.807) is 18.2 Å². The molecule has 0 atom stereocenters. The lowest BCUT2D eigenvalue weighted by Crippen LogP contribution is -2.22. The van der Waals surface area contributed by atoms with Crippen LogP contribution in [0, 0.1) is 6.92 Å². The largest absolute Gasteiger partial charge is 0.399 e. The van der Waals surface area contributed by atoms with Crippen molar-refractivity contribution in [2.24, 2.45) is 5.73 Å². The quantitative estimate of drug-likeness (QED) is 0.837. The van der Waals surface area contributed by atoms with Crippen LogP contribution in [0.25, 0.3) is 0 Å². The number of carbonyl (C=O) groups is 1. The van der Waals surface area contributed by atoms with Gasteiger partial charge in [-0.2, -0.15) is 0 Å². The molecule has 0 aliphatic heterocycles. The molecule has 0 saturated heterocycles. The fraction of sp³-hybridized carbons (Fsp3) is 0.188. The predicted molar refractivity (Wildman–Crippen MR) is 82.7 cm³/mol. The summed E-state index contributed by atoms with van der Waals surface area (Å²) in [7, 11) is 1.92. The van der Waals surface area contributed by atoms with Crippen LogP contribution in [0.3, 0.4) is 0 Å². The number of nitrogens with two attached hydrogens (primary N) is 2. The maximum atomic E-state index is 11.5. The van der Waals surface area contributed by atoms with Crippen molar-refractivity contribution >= 4 is 17.3 Å². The topological polar surface area (TPSA) is 72.3 Å². The number of benzene rings is 2. The highest BCUT2D eigenvalue weighted by molar-refractivity contribution is 5.99. The number of nitrogen functional groups attached to an aromatic ring is 1. The van der Waals surface area contributed by atoms with Crippen LogP contribution in [-0.2, 0) is 6.54 Å². The van der Waals surface area contributed by atoms with Crippen LogP contribution in [0.5, 0.6) is 0 Å². The first kappa shape index (κ1) is 13.9. The first-order chi connectivity index (χ1) is 9.47. The second kappa shape index (κ2) is 5.65. The Morgan fingerprint density at radius 1 is 1.15 bits per heavy atom. The Balaban J connectivity index is 2.28. The Labute approximate surface area is 119 Å². The Morgan fingerprint density at radius 3 is 2.40 bits per heavy atom. The summed E-state index contributed by atoms with van der Waals surface area (Å²) < 4.78 is 0. The van der Waals surface area contributed by atoms with Gasteiger partial charge < -0.3 is 16.4 Å². The summed E-state index contributed by atoms with van der Waals surface area (Å²) in [6.45, 7) is 2.74. The highest BCUT2D eigenvalue weighted by Crippen LogP contribution is 2.24. The second-order valence-electron chi connectivity index (χ2n) is 4.98. The van der Waals surface area contributed by atoms with Crippen molar-refractivity contribution in [1.29, 1.82) is 0 Å². The molecule has 4 N–H and O–H groups in total. The van der Waals surface area contributed by atoms with E-state index in [0.29, 0.717) is 17.8 Å². The molecule has 0 fully saturated rings. The summed E-state index contributed by atoms with van der Waals surface area (Å²) in [6, 6.07) is 13.4. The van der Waals surface area contributed by atoms with Gasteiger partial charge in [0.05, 0.1) is 11.3 Å². The molecule has 4 nitrogen and oxygen atoms in total. The van der Waals surface area contributed by atoms with Crippen molar-refractivity contribution < 1.29 is 4.79 Å². The molecule has 0 aromatic heterocycles. The van der Waals surface area contributed by atoms with Crippen molar-refractivity contribution in [1.82, 2.24) is 0 Å². The van der Waals surface area contributed by atoms with E-state index in [1.807, 2.05) is 11.9 Å². The molecule has 20 heavy (non-hydrogen) atoms. The average molecular weight is 269 g/mol. The summed E-state index contributed by atoms with van der Waals surface area (Å²) in [6.07, 6.45) is 0. The first-order valence-corrected chi connectivity index (χ1v) is 6.43. The van der Waals surface area contributed by atoms with Crippen LogP contribution in [-0.4, -0.2) is 13.0 Å². The van der Waals surface area contributed by atoms with Crippen molar-refractivity contribution in [2.75, 3.05) is 17.7 Å². The van der Waals surface area contributed by atoms with E-state index in [9.17, 15) is 4.79 Å². The molecule has 0 radical (unpaired) electrons. The molecular weight excluding hydrogens is 250 g/mol. The molecule has 1 amide bonds. The van der Waals surface area contributed by atoms with Gasteiger partial charge in [-0.3, -0.25) is 4.79 Å². The number of rotatable bonds is 4. The Kier molecular flexibility index (Phi) is 3.94. The number of hydrogen-bond donors (Lipinski definition) is 2. The molecule has 0 heterocycles. The molecule has 0 bridgehead atoms. The molecule has 2 aromatic carbocycles. The summed E-state index contributed by atoms with van der Waals surface area (Å²) >= 11 is 0. The minimum absolute atomic E-state index is 0.448. The molecular formula is C16H19N3O. The van der Waals surface area contributed by atoms with E-state index in [0.717, 1.165) is 11.3 Å². The van der Waals surface area contributed by atoms with E-state index in [-0.39, 0.29) is 0 Å². The van der Waals surface area contributed by atoms with E-state index >= 15 is 0 Å².